The lowest BCUT2D eigenvalue weighted by Crippen LogP contribution is -2.24. The Morgan fingerprint density at radius 2 is 1.93 bits per heavy atom. The van der Waals surface area contributed by atoms with Gasteiger partial charge in [-0.25, -0.2) is 4.39 Å². The van der Waals surface area contributed by atoms with Crippen LogP contribution >= 0.6 is 0 Å². The van der Waals surface area contributed by atoms with Gasteiger partial charge in [-0.15, -0.1) is 0 Å². The molecule has 0 aromatic heterocycles. The predicted octanol–water partition coefficient (Wildman–Crippen LogP) is 2.13. The molecule has 2 nitrogen and oxygen atoms in total. The lowest BCUT2D eigenvalue weighted by atomic mass is 10.1. The van der Waals surface area contributed by atoms with Crippen LogP contribution in [0.1, 0.15) is 25.0 Å². The van der Waals surface area contributed by atoms with Crippen LogP contribution in [0.15, 0.2) is 18.2 Å². The van der Waals surface area contributed by atoms with E-state index in [1.807, 2.05) is 6.07 Å². The van der Waals surface area contributed by atoms with Crippen molar-refractivity contribution < 1.29 is 4.39 Å². The van der Waals surface area contributed by atoms with Crippen LogP contribution in [0, 0.1) is 5.82 Å². The van der Waals surface area contributed by atoms with E-state index in [0.29, 0.717) is 13.1 Å². The van der Waals surface area contributed by atoms with Gasteiger partial charge < -0.3 is 5.73 Å². The predicted molar refractivity (Wildman–Crippen MR) is 60.9 cm³/mol. The van der Waals surface area contributed by atoms with E-state index < -0.39 is 0 Å². The lowest BCUT2D eigenvalue weighted by molar-refractivity contribution is 0.290. The van der Waals surface area contributed by atoms with Gasteiger partial charge in [0.2, 0.25) is 0 Å². The van der Waals surface area contributed by atoms with Crippen molar-refractivity contribution in [3.63, 3.8) is 0 Å². The molecule has 3 heteroatoms. The molecule has 0 amide bonds. The smallest absolute Gasteiger partial charge is 0.128 e. The highest BCUT2D eigenvalue weighted by atomic mass is 19.1. The molecule has 0 aliphatic rings. The highest BCUT2D eigenvalue weighted by molar-refractivity contribution is 5.28. The van der Waals surface area contributed by atoms with Gasteiger partial charge >= 0.3 is 0 Å². The molecule has 15 heavy (non-hydrogen) atoms. The van der Waals surface area contributed by atoms with E-state index in [-0.39, 0.29) is 5.82 Å². The van der Waals surface area contributed by atoms with E-state index in [9.17, 15) is 4.39 Å². The summed E-state index contributed by atoms with van der Waals surface area (Å²) >= 11 is 0. The number of rotatable bonds is 5. The van der Waals surface area contributed by atoms with Crippen molar-refractivity contribution in [1.82, 2.24) is 4.90 Å². The zero-order chi connectivity index (χ0) is 11.3. The van der Waals surface area contributed by atoms with E-state index in [0.717, 1.165) is 24.2 Å². The maximum absolute atomic E-state index is 13.6. The highest BCUT2D eigenvalue weighted by Crippen LogP contribution is 2.15. The largest absolute Gasteiger partial charge is 0.326 e. The quantitative estimate of drug-likeness (QED) is 0.806. The third-order valence-electron chi connectivity index (χ3n) is 2.71. The minimum absolute atomic E-state index is 0.148. The summed E-state index contributed by atoms with van der Waals surface area (Å²) in [5.41, 5.74) is 7.24. The van der Waals surface area contributed by atoms with Gasteiger partial charge in [0.15, 0.2) is 0 Å². The Bertz CT molecular complexity index is 308. The normalized spacial score (nSPS) is 11.0. The van der Waals surface area contributed by atoms with Gasteiger partial charge in [0, 0.05) is 18.7 Å². The first-order chi connectivity index (χ1) is 7.22. The lowest BCUT2D eigenvalue weighted by Gasteiger charge is -2.20. The first-order valence-corrected chi connectivity index (χ1v) is 5.41. The maximum atomic E-state index is 13.6. The number of halogens is 1. The van der Waals surface area contributed by atoms with Crippen molar-refractivity contribution in [1.29, 1.82) is 0 Å². The van der Waals surface area contributed by atoms with Crippen molar-refractivity contribution in [3.8, 4) is 0 Å². The molecule has 0 bridgehead atoms. The first-order valence-electron chi connectivity index (χ1n) is 5.41. The number of nitrogens with zero attached hydrogens (tertiary/aromatic N) is 1. The SMILES string of the molecule is CCN(CC)Cc1c(F)cccc1CN. The molecule has 1 rings (SSSR count). The summed E-state index contributed by atoms with van der Waals surface area (Å²) in [4.78, 5) is 2.18. The molecular formula is C12H19FN2. The molecule has 2 N–H and O–H groups in total. The molecule has 0 saturated heterocycles. The van der Waals surface area contributed by atoms with E-state index in [1.165, 1.54) is 6.07 Å². The topological polar surface area (TPSA) is 29.3 Å². The van der Waals surface area contributed by atoms with Gasteiger partial charge in [0.1, 0.15) is 5.82 Å². The van der Waals surface area contributed by atoms with Crippen molar-refractivity contribution in [3.05, 3.63) is 35.1 Å². The Morgan fingerprint density at radius 3 is 2.47 bits per heavy atom. The Balaban J connectivity index is 2.91. The van der Waals surface area contributed by atoms with E-state index in [4.69, 9.17) is 5.73 Å². The van der Waals surface area contributed by atoms with Crippen molar-refractivity contribution in [2.24, 2.45) is 5.73 Å². The molecule has 0 unspecified atom stereocenters. The molecular weight excluding hydrogens is 191 g/mol. The first kappa shape index (κ1) is 12.1. The number of hydrogen-bond acceptors (Lipinski definition) is 2. The van der Waals surface area contributed by atoms with Crippen molar-refractivity contribution >= 4 is 0 Å². The molecule has 0 fully saturated rings. The average molecular weight is 210 g/mol. The van der Waals surface area contributed by atoms with Crippen LogP contribution in [-0.4, -0.2) is 18.0 Å². The molecule has 0 atom stereocenters. The second-order valence-electron chi connectivity index (χ2n) is 3.54. The molecule has 0 aliphatic carbocycles. The van der Waals surface area contributed by atoms with Crippen LogP contribution in [0.25, 0.3) is 0 Å². The second kappa shape index (κ2) is 5.83. The van der Waals surface area contributed by atoms with Crippen molar-refractivity contribution in [2.75, 3.05) is 13.1 Å². The zero-order valence-electron chi connectivity index (χ0n) is 9.46. The van der Waals surface area contributed by atoms with Gasteiger partial charge in [0.25, 0.3) is 0 Å². The Morgan fingerprint density at radius 1 is 1.27 bits per heavy atom. The fourth-order valence-corrected chi connectivity index (χ4v) is 1.64. The van der Waals surface area contributed by atoms with E-state index in [2.05, 4.69) is 18.7 Å². The standard InChI is InChI=1S/C12H19FN2/c1-3-15(4-2)9-11-10(8-14)6-5-7-12(11)13/h5-7H,3-4,8-9,14H2,1-2H3. The van der Waals surface area contributed by atoms with Crippen LogP contribution < -0.4 is 5.73 Å². The van der Waals surface area contributed by atoms with Gasteiger partial charge in [0.05, 0.1) is 0 Å². The Kier molecular flexibility index (Phi) is 4.72. The minimum atomic E-state index is -0.148. The van der Waals surface area contributed by atoms with Crippen LogP contribution in [-0.2, 0) is 13.1 Å². The monoisotopic (exact) mass is 210 g/mol. The summed E-state index contributed by atoms with van der Waals surface area (Å²) in [6.07, 6.45) is 0. The number of nitrogens with two attached hydrogens (primary N) is 1. The molecule has 84 valence electrons. The Hall–Kier alpha value is -0.930. The van der Waals surface area contributed by atoms with Gasteiger partial charge in [-0.05, 0) is 24.7 Å². The van der Waals surface area contributed by atoms with Crippen LogP contribution in [0.5, 0.6) is 0 Å². The second-order valence-corrected chi connectivity index (χ2v) is 3.54. The average Bonchev–Trinajstić information content (AvgIpc) is 2.27. The summed E-state index contributed by atoms with van der Waals surface area (Å²) in [6.45, 7) is 7.04. The summed E-state index contributed by atoms with van der Waals surface area (Å²) in [6, 6.07) is 5.10. The van der Waals surface area contributed by atoms with Crippen LogP contribution in [0.3, 0.4) is 0 Å². The number of benzene rings is 1. The molecule has 1 aromatic carbocycles. The zero-order valence-corrected chi connectivity index (χ0v) is 9.46. The molecule has 0 heterocycles. The van der Waals surface area contributed by atoms with Crippen LogP contribution in [0.4, 0.5) is 4.39 Å². The summed E-state index contributed by atoms with van der Waals surface area (Å²) in [5, 5.41) is 0. The molecule has 1 aromatic rings. The summed E-state index contributed by atoms with van der Waals surface area (Å²) in [5.74, 6) is -0.148. The van der Waals surface area contributed by atoms with Crippen molar-refractivity contribution in [2.45, 2.75) is 26.9 Å². The molecule has 0 radical (unpaired) electrons. The highest BCUT2D eigenvalue weighted by Gasteiger charge is 2.10. The molecule has 0 spiro atoms. The van der Waals surface area contributed by atoms with Gasteiger partial charge in [-0.2, -0.15) is 0 Å². The number of hydrogen-bond donors (Lipinski definition) is 1. The third-order valence-corrected chi connectivity index (χ3v) is 2.71. The summed E-state index contributed by atoms with van der Waals surface area (Å²) in [7, 11) is 0. The summed E-state index contributed by atoms with van der Waals surface area (Å²) < 4.78 is 13.6. The maximum Gasteiger partial charge on any atom is 0.128 e. The Labute approximate surface area is 90.9 Å². The van der Waals surface area contributed by atoms with Gasteiger partial charge in [-0.3, -0.25) is 4.90 Å². The minimum Gasteiger partial charge on any atom is -0.326 e. The van der Waals surface area contributed by atoms with E-state index in [1.54, 1.807) is 6.07 Å². The third kappa shape index (κ3) is 3.01. The fraction of sp³-hybridized carbons (Fsp3) is 0.500. The van der Waals surface area contributed by atoms with Crippen LogP contribution in [0.2, 0.25) is 0 Å². The fourth-order valence-electron chi connectivity index (χ4n) is 1.64. The molecule has 0 aliphatic heterocycles. The van der Waals surface area contributed by atoms with Gasteiger partial charge in [-0.1, -0.05) is 26.0 Å². The molecule has 0 saturated carbocycles. The van der Waals surface area contributed by atoms with E-state index >= 15 is 0 Å².